The van der Waals surface area contributed by atoms with E-state index in [0.717, 1.165) is 25.9 Å². The highest BCUT2D eigenvalue weighted by atomic mass is 16.4. The van der Waals surface area contributed by atoms with Gasteiger partial charge in [0.1, 0.15) is 0 Å². The summed E-state index contributed by atoms with van der Waals surface area (Å²) in [6.45, 7) is 7.91. The number of amidine groups is 1. The lowest BCUT2D eigenvalue weighted by Gasteiger charge is -2.35. The molecule has 0 bridgehead atoms. The van der Waals surface area contributed by atoms with E-state index in [9.17, 15) is 4.79 Å². The standard InChI is InChI=1S/C13H25N3O2/c1-4-11(12(14)15-18)13(17)16-7-5-10(6-8-16)9(2)3/h9-11,18H,4-8H2,1-3H3,(H2,14,15). The van der Waals surface area contributed by atoms with Gasteiger partial charge in [0.15, 0.2) is 5.84 Å². The summed E-state index contributed by atoms with van der Waals surface area (Å²) in [5.41, 5.74) is 5.56. The second kappa shape index (κ2) is 6.61. The summed E-state index contributed by atoms with van der Waals surface area (Å²) in [6.07, 6.45) is 2.67. The van der Waals surface area contributed by atoms with Crippen molar-refractivity contribution < 1.29 is 10.0 Å². The average molecular weight is 255 g/mol. The number of hydrogen-bond acceptors (Lipinski definition) is 3. The number of nitrogens with zero attached hydrogens (tertiary/aromatic N) is 2. The van der Waals surface area contributed by atoms with Crippen molar-refractivity contribution in [3.8, 4) is 0 Å². The third-order valence-electron chi connectivity index (χ3n) is 3.97. The van der Waals surface area contributed by atoms with Crippen LogP contribution in [-0.2, 0) is 4.79 Å². The lowest BCUT2D eigenvalue weighted by atomic mass is 9.86. The largest absolute Gasteiger partial charge is 0.409 e. The predicted octanol–water partition coefficient (Wildman–Crippen LogP) is 1.65. The summed E-state index contributed by atoms with van der Waals surface area (Å²) in [7, 11) is 0. The smallest absolute Gasteiger partial charge is 0.233 e. The first-order valence-corrected chi connectivity index (χ1v) is 6.77. The molecule has 1 unspecified atom stereocenters. The Hall–Kier alpha value is -1.26. The van der Waals surface area contributed by atoms with Gasteiger partial charge in [-0.15, -0.1) is 0 Å². The molecule has 1 atom stereocenters. The Balaban J connectivity index is 2.59. The van der Waals surface area contributed by atoms with Crippen molar-refractivity contribution >= 4 is 11.7 Å². The molecule has 1 fully saturated rings. The van der Waals surface area contributed by atoms with Crippen LogP contribution >= 0.6 is 0 Å². The predicted molar refractivity (Wildman–Crippen MR) is 71.3 cm³/mol. The topological polar surface area (TPSA) is 78.9 Å². The summed E-state index contributed by atoms with van der Waals surface area (Å²) >= 11 is 0. The van der Waals surface area contributed by atoms with Crippen molar-refractivity contribution in [3.63, 3.8) is 0 Å². The minimum absolute atomic E-state index is 0.00462. The number of hydrogen-bond donors (Lipinski definition) is 2. The van der Waals surface area contributed by atoms with Crippen LogP contribution in [0.15, 0.2) is 5.16 Å². The van der Waals surface area contributed by atoms with Crippen LogP contribution in [0.5, 0.6) is 0 Å². The van der Waals surface area contributed by atoms with E-state index in [1.54, 1.807) is 0 Å². The van der Waals surface area contributed by atoms with Crippen LogP contribution in [0.2, 0.25) is 0 Å². The van der Waals surface area contributed by atoms with Gasteiger partial charge in [0, 0.05) is 13.1 Å². The highest BCUT2D eigenvalue weighted by molar-refractivity contribution is 6.02. The van der Waals surface area contributed by atoms with Crippen molar-refractivity contribution in [2.24, 2.45) is 28.6 Å². The molecule has 18 heavy (non-hydrogen) atoms. The first kappa shape index (κ1) is 14.8. The van der Waals surface area contributed by atoms with Crippen molar-refractivity contribution in [1.82, 2.24) is 4.90 Å². The molecular formula is C13H25N3O2. The van der Waals surface area contributed by atoms with Gasteiger partial charge in [-0.3, -0.25) is 4.79 Å². The van der Waals surface area contributed by atoms with Gasteiger partial charge in [-0.25, -0.2) is 0 Å². The molecule has 5 nitrogen and oxygen atoms in total. The molecule has 1 saturated heterocycles. The van der Waals surface area contributed by atoms with Gasteiger partial charge in [0.2, 0.25) is 5.91 Å². The van der Waals surface area contributed by atoms with Crippen LogP contribution in [0, 0.1) is 17.8 Å². The SMILES string of the molecule is CCC(C(=O)N1CCC(C(C)C)CC1)C(N)=NO. The normalized spacial score (nSPS) is 20.2. The first-order valence-electron chi connectivity index (χ1n) is 6.77. The average Bonchev–Trinajstić information content (AvgIpc) is 2.39. The minimum Gasteiger partial charge on any atom is -0.409 e. The first-order chi connectivity index (χ1) is 8.51. The number of carbonyl (C=O) groups excluding carboxylic acids is 1. The van der Waals surface area contributed by atoms with E-state index in [2.05, 4.69) is 19.0 Å². The molecule has 104 valence electrons. The van der Waals surface area contributed by atoms with E-state index >= 15 is 0 Å². The summed E-state index contributed by atoms with van der Waals surface area (Å²) in [5.74, 6) is 0.917. The molecule has 0 saturated carbocycles. The lowest BCUT2D eigenvalue weighted by molar-refractivity contribution is -0.135. The van der Waals surface area contributed by atoms with E-state index in [4.69, 9.17) is 10.9 Å². The van der Waals surface area contributed by atoms with Crippen molar-refractivity contribution in [1.29, 1.82) is 0 Å². The van der Waals surface area contributed by atoms with E-state index in [1.165, 1.54) is 0 Å². The maximum atomic E-state index is 12.3. The monoisotopic (exact) mass is 255 g/mol. The zero-order valence-corrected chi connectivity index (χ0v) is 11.6. The summed E-state index contributed by atoms with van der Waals surface area (Å²) in [6, 6.07) is 0. The summed E-state index contributed by atoms with van der Waals surface area (Å²) in [4.78, 5) is 14.1. The van der Waals surface area contributed by atoms with E-state index in [1.807, 2.05) is 11.8 Å². The maximum Gasteiger partial charge on any atom is 0.233 e. The Bertz CT molecular complexity index is 307. The number of amides is 1. The fraction of sp³-hybridized carbons (Fsp3) is 0.846. The zero-order valence-electron chi connectivity index (χ0n) is 11.6. The molecule has 0 spiro atoms. The fourth-order valence-corrected chi connectivity index (χ4v) is 2.59. The van der Waals surface area contributed by atoms with Crippen LogP contribution in [0.25, 0.3) is 0 Å². The highest BCUT2D eigenvalue weighted by Crippen LogP contribution is 2.25. The molecule has 0 aromatic rings. The summed E-state index contributed by atoms with van der Waals surface area (Å²) in [5, 5.41) is 11.7. The van der Waals surface area contributed by atoms with Crippen molar-refractivity contribution in [2.75, 3.05) is 13.1 Å². The van der Waals surface area contributed by atoms with Crippen molar-refractivity contribution in [2.45, 2.75) is 40.0 Å². The molecule has 0 aliphatic carbocycles. The second-order valence-electron chi connectivity index (χ2n) is 5.39. The van der Waals surface area contributed by atoms with Gasteiger partial charge in [-0.1, -0.05) is 25.9 Å². The van der Waals surface area contributed by atoms with Crippen LogP contribution in [0.1, 0.15) is 40.0 Å². The third kappa shape index (κ3) is 3.37. The van der Waals surface area contributed by atoms with Crippen molar-refractivity contribution in [3.05, 3.63) is 0 Å². The number of carbonyl (C=O) groups is 1. The Kier molecular flexibility index (Phi) is 5.44. The molecule has 5 heteroatoms. The number of nitrogens with two attached hydrogens (primary N) is 1. The molecule has 0 aromatic heterocycles. The lowest BCUT2D eigenvalue weighted by Crippen LogP contribution is -2.45. The summed E-state index contributed by atoms with van der Waals surface area (Å²) < 4.78 is 0. The van der Waals surface area contributed by atoms with Crippen LogP contribution < -0.4 is 5.73 Å². The molecule has 1 rings (SSSR count). The molecule has 3 N–H and O–H groups in total. The Morgan fingerprint density at radius 2 is 2.00 bits per heavy atom. The van der Waals surface area contributed by atoms with Crippen LogP contribution in [0.3, 0.4) is 0 Å². The molecule has 0 radical (unpaired) electrons. The van der Waals surface area contributed by atoms with E-state index in [-0.39, 0.29) is 11.7 Å². The van der Waals surface area contributed by atoms with Gasteiger partial charge in [-0.05, 0) is 31.1 Å². The minimum atomic E-state index is -0.481. The second-order valence-corrected chi connectivity index (χ2v) is 5.39. The third-order valence-corrected chi connectivity index (χ3v) is 3.97. The highest BCUT2D eigenvalue weighted by Gasteiger charge is 2.30. The molecule has 1 aliphatic heterocycles. The number of rotatable bonds is 4. The molecule has 1 heterocycles. The fourth-order valence-electron chi connectivity index (χ4n) is 2.59. The number of oxime groups is 1. The number of piperidine rings is 1. The van der Waals surface area contributed by atoms with Gasteiger partial charge in [0.25, 0.3) is 0 Å². The molecular weight excluding hydrogens is 230 g/mol. The quantitative estimate of drug-likeness (QED) is 0.347. The van der Waals surface area contributed by atoms with Gasteiger partial charge < -0.3 is 15.8 Å². The zero-order chi connectivity index (χ0) is 13.7. The number of likely N-dealkylation sites (tertiary alicyclic amines) is 1. The molecule has 1 aliphatic rings. The van der Waals surface area contributed by atoms with Gasteiger partial charge in [0.05, 0.1) is 5.92 Å². The van der Waals surface area contributed by atoms with Gasteiger partial charge in [-0.2, -0.15) is 0 Å². The molecule has 0 aromatic carbocycles. The Morgan fingerprint density at radius 1 is 1.44 bits per heavy atom. The van der Waals surface area contributed by atoms with E-state index in [0.29, 0.717) is 18.3 Å². The Labute approximate surface area is 109 Å². The van der Waals surface area contributed by atoms with E-state index < -0.39 is 5.92 Å². The van der Waals surface area contributed by atoms with Crippen LogP contribution in [-0.4, -0.2) is 34.9 Å². The maximum absolute atomic E-state index is 12.3. The Morgan fingerprint density at radius 3 is 2.39 bits per heavy atom. The van der Waals surface area contributed by atoms with Crippen LogP contribution in [0.4, 0.5) is 0 Å². The molecule has 1 amide bonds. The van der Waals surface area contributed by atoms with Gasteiger partial charge >= 0.3 is 0 Å².